The molecule has 0 N–H and O–H groups in total. The summed E-state index contributed by atoms with van der Waals surface area (Å²) in [6.07, 6.45) is 16.7. The smallest absolute Gasteiger partial charge is 0.191 e. The normalized spacial score (nSPS) is 11.9. The second-order valence-corrected chi connectivity index (χ2v) is 18.3. The Morgan fingerprint density at radius 2 is 0.975 bits per heavy atom. The van der Waals surface area contributed by atoms with Crippen LogP contribution in [0.2, 0.25) is 32.2 Å². The Kier molecular flexibility index (Phi) is 17.8. The second kappa shape index (κ2) is 20.8. The van der Waals surface area contributed by atoms with Crippen LogP contribution in [0.4, 0.5) is 11.4 Å². The Morgan fingerprint density at radius 1 is 0.575 bits per heavy atom. The predicted molar refractivity (Wildman–Crippen MR) is 175 cm³/mol. The van der Waals surface area contributed by atoms with E-state index in [1.807, 2.05) is 48.5 Å². The van der Waals surface area contributed by atoms with Crippen LogP contribution in [0.3, 0.4) is 0 Å². The Bertz CT molecular complexity index is 918. The van der Waals surface area contributed by atoms with Gasteiger partial charge in [-0.05, 0) is 93.6 Å². The van der Waals surface area contributed by atoms with E-state index < -0.39 is 17.4 Å². The van der Waals surface area contributed by atoms with Gasteiger partial charge in [0.15, 0.2) is 17.4 Å². The lowest BCUT2D eigenvalue weighted by Gasteiger charge is -2.25. The Labute approximate surface area is 248 Å². The van der Waals surface area contributed by atoms with E-state index in [4.69, 9.17) is 13.6 Å². The summed E-state index contributed by atoms with van der Waals surface area (Å²) in [7, 11) is -1.94. The van der Waals surface area contributed by atoms with Gasteiger partial charge >= 0.3 is 0 Å². The molecule has 0 aliphatic rings. The molecule has 0 heterocycles. The third-order valence-corrected chi connectivity index (χ3v) is 12.3. The molecule has 0 saturated heterocycles. The van der Waals surface area contributed by atoms with Crippen LogP contribution in [-0.4, -0.2) is 30.6 Å². The first-order valence-corrected chi connectivity index (χ1v) is 21.3. The number of rotatable bonds is 23. The zero-order valence-electron chi connectivity index (χ0n) is 26.1. The molecule has 5 nitrogen and oxygen atoms in total. The average Bonchev–Trinajstić information content (AvgIpc) is 2.93. The molecule has 40 heavy (non-hydrogen) atoms. The summed E-state index contributed by atoms with van der Waals surface area (Å²) >= 11 is 0. The van der Waals surface area contributed by atoms with Gasteiger partial charge in [-0.1, -0.05) is 77.6 Å². The van der Waals surface area contributed by atoms with Crippen molar-refractivity contribution in [1.82, 2.24) is 0 Å². The minimum absolute atomic E-state index is 0.546. The third kappa shape index (κ3) is 17.0. The van der Waals surface area contributed by atoms with Gasteiger partial charge in [-0.25, -0.2) is 0 Å². The van der Waals surface area contributed by atoms with Gasteiger partial charge in [-0.15, -0.1) is 0 Å². The second-order valence-electron chi connectivity index (χ2n) is 11.6. The average molecular weight is 584 g/mol. The maximum atomic E-state index is 6.23. The lowest BCUT2D eigenvalue weighted by atomic mass is 10.1. The molecular weight excluding hydrogens is 529 g/mol. The van der Waals surface area contributed by atoms with Crippen molar-refractivity contribution in [2.45, 2.75) is 123 Å². The van der Waals surface area contributed by atoms with Crippen molar-refractivity contribution in [1.29, 1.82) is 0 Å². The van der Waals surface area contributed by atoms with Crippen LogP contribution in [0.25, 0.3) is 0 Å². The summed E-state index contributed by atoms with van der Waals surface area (Å²) in [6, 6.07) is 17.0. The zero-order valence-corrected chi connectivity index (χ0v) is 28.1. The summed E-state index contributed by atoms with van der Waals surface area (Å²) < 4.78 is 17.9. The highest BCUT2D eigenvalue weighted by atomic mass is 28.4. The molecule has 7 heteroatoms. The molecule has 0 atom stereocenters. The highest BCUT2D eigenvalue weighted by molar-refractivity contribution is 6.77. The van der Waals surface area contributed by atoms with Crippen molar-refractivity contribution in [3.63, 3.8) is 0 Å². The number of nitrogens with zero attached hydrogens (tertiary/aromatic N) is 2. The maximum absolute atomic E-state index is 6.23. The van der Waals surface area contributed by atoms with Crippen LogP contribution in [0, 0.1) is 0 Å². The molecule has 2 aromatic rings. The van der Waals surface area contributed by atoms with Crippen LogP contribution < -0.4 is 9.47 Å². The van der Waals surface area contributed by atoms with E-state index in [2.05, 4.69) is 43.3 Å². The van der Waals surface area contributed by atoms with E-state index in [1.54, 1.807) is 0 Å². The van der Waals surface area contributed by atoms with E-state index in [9.17, 15) is 0 Å². The molecule has 0 aliphatic carbocycles. The molecule has 0 unspecified atom stereocenters. The number of hydrogen-bond acceptors (Lipinski definition) is 5. The van der Waals surface area contributed by atoms with E-state index in [1.165, 1.54) is 76.7 Å². The van der Waals surface area contributed by atoms with Crippen molar-refractivity contribution in [3.05, 3.63) is 48.5 Å². The van der Waals surface area contributed by atoms with E-state index in [0.717, 1.165) is 48.9 Å². The SMILES string of the molecule is CCCCCCOc1ccc(N=Nc2ccc(OCCCCCCCCCCC[Si](C)(C)O[Si](C)C)cc2)cc1. The first kappa shape index (κ1) is 34.2. The quantitative estimate of drug-likeness (QED) is 0.0742. The molecule has 1 radical (unpaired) electrons. The first-order chi connectivity index (χ1) is 19.4. The van der Waals surface area contributed by atoms with Gasteiger partial charge in [0.05, 0.1) is 24.6 Å². The van der Waals surface area contributed by atoms with Crippen molar-refractivity contribution in [3.8, 4) is 11.5 Å². The van der Waals surface area contributed by atoms with Gasteiger partial charge in [0, 0.05) is 0 Å². The lowest BCUT2D eigenvalue weighted by molar-refractivity contribution is 0.304. The fraction of sp³-hybridized carbons (Fsp3) is 0.636. The van der Waals surface area contributed by atoms with Crippen LogP contribution in [-0.2, 0) is 4.12 Å². The van der Waals surface area contributed by atoms with E-state index >= 15 is 0 Å². The molecular formula is C33H55N2O3Si2. The largest absolute Gasteiger partial charge is 0.494 e. The van der Waals surface area contributed by atoms with Crippen LogP contribution in [0.5, 0.6) is 11.5 Å². The summed E-state index contributed by atoms with van der Waals surface area (Å²) in [5.74, 6) is 1.78. The van der Waals surface area contributed by atoms with Gasteiger partial charge in [-0.2, -0.15) is 10.2 Å². The summed E-state index contributed by atoms with van der Waals surface area (Å²) in [4.78, 5) is 0. The molecule has 0 spiro atoms. The molecule has 0 amide bonds. The third-order valence-electron chi connectivity index (χ3n) is 6.89. The molecule has 0 saturated carbocycles. The molecule has 0 aliphatic heterocycles. The summed E-state index contributed by atoms with van der Waals surface area (Å²) in [5.41, 5.74) is 1.64. The van der Waals surface area contributed by atoms with Crippen LogP contribution >= 0.6 is 0 Å². The number of hydrogen-bond donors (Lipinski definition) is 0. The number of benzene rings is 2. The Morgan fingerprint density at radius 3 is 1.40 bits per heavy atom. The van der Waals surface area contributed by atoms with Gasteiger partial charge < -0.3 is 13.6 Å². The molecule has 0 aromatic heterocycles. The topological polar surface area (TPSA) is 52.4 Å². The van der Waals surface area contributed by atoms with Gasteiger partial charge in [0.25, 0.3) is 0 Å². The number of ether oxygens (including phenoxy) is 2. The van der Waals surface area contributed by atoms with Gasteiger partial charge in [0.1, 0.15) is 11.5 Å². The minimum Gasteiger partial charge on any atom is -0.494 e. The maximum Gasteiger partial charge on any atom is 0.191 e. The molecule has 0 fully saturated rings. The summed E-state index contributed by atoms with van der Waals surface area (Å²) in [5, 5.41) is 8.70. The van der Waals surface area contributed by atoms with Crippen LogP contribution in [0.1, 0.15) is 90.4 Å². The van der Waals surface area contributed by atoms with E-state index in [0.29, 0.717) is 0 Å². The first-order valence-electron chi connectivity index (χ1n) is 15.7. The van der Waals surface area contributed by atoms with Crippen molar-refractivity contribution < 1.29 is 13.6 Å². The lowest BCUT2D eigenvalue weighted by Crippen LogP contribution is -2.34. The zero-order chi connectivity index (χ0) is 28.9. The fourth-order valence-corrected chi connectivity index (χ4v) is 10.7. The molecule has 2 rings (SSSR count). The fourth-order valence-electron chi connectivity index (χ4n) is 4.74. The number of unbranched alkanes of at least 4 members (excludes halogenated alkanes) is 11. The predicted octanol–water partition coefficient (Wildman–Crippen LogP) is 11.4. The Hall–Kier alpha value is -1.97. The van der Waals surface area contributed by atoms with Crippen molar-refractivity contribution in [2.24, 2.45) is 10.2 Å². The van der Waals surface area contributed by atoms with E-state index in [-0.39, 0.29) is 0 Å². The van der Waals surface area contributed by atoms with Crippen molar-refractivity contribution in [2.75, 3.05) is 13.2 Å². The summed E-state index contributed by atoms with van der Waals surface area (Å²) in [6.45, 7) is 13.0. The highest BCUT2D eigenvalue weighted by Crippen LogP contribution is 2.24. The minimum atomic E-state index is -1.39. The molecule has 2 aromatic carbocycles. The molecule has 0 bridgehead atoms. The number of azo groups is 1. The van der Waals surface area contributed by atoms with Crippen molar-refractivity contribution >= 4 is 28.7 Å². The van der Waals surface area contributed by atoms with Gasteiger partial charge in [0.2, 0.25) is 0 Å². The highest BCUT2D eigenvalue weighted by Gasteiger charge is 2.22. The van der Waals surface area contributed by atoms with Gasteiger partial charge in [-0.3, -0.25) is 0 Å². The van der Waals surface area contributed by atoms with Crippen LogP contribution in [0.15, 0.2) is 58.8 Å². The standard InChI is InChI=1S/C33H55N2O3Si2/c1-6-7-8-16-27-36-32-23-19-30(20-24-32)34-35-31-21-25-33(26-22-31)37-28-17-14-12-10-9-11-13-15-18-29-40(4,5)38-39(2)3/h19-26H,6-18,27-29H2,1-5H3. The molecule has 223 valence electrons. The monoisotopic (exact) mass is 583 g/mol. The Balaban J connectivity index is 1.49.